The van der Waals surface area contributed by atoms with Crippen molar-refractivity contribution in [2.45, 2.75) is 25.8 Å². The zero-order valence-corrected chi connectivity index (χ0v) is 10.9. The summed E-state index contributed by atoms with van der Waals surface area (Å²) in [5, 5.41) is 13.7. The number of hydrogen-bond acceptors (Lipinski definition) is 3. The van der Waals surface area contributed by atoms with Gasteiger partial charge in [-0.2, -0.15) is 4.39 Å². The zero-order valence-electron chi connectivity index (χ0n) is 10.9. The first kappa shape index (κ1) is 14.6. The van der Waals surface area contributed by atoms with Crippen LogP contribution in [-0.2, 0) is 6.54 Å². The van der Waals surface area contributed by atoms with Crippen molar-refractivity contribution in [3.63, 3.8) is 0 Å². The second kappa shape index (κ2) is 6.56. The number of hydrogen-bond donors (Lipinski definition) is 1. The van der Waals surface area contributed by atoms with Gasteiger partial charge in [0.25, 0.3) is 0 Å². The molecule has 0 amide bonds. The molecule has 0 fully saturated rings. The van der Waals surface area contributed by atoms with Gasteiger partial charge in [-0.05, 0) is 31.7 Å². The molecule has 1 atom stereocenters. The predicted octanol–water partition coefficient (Wildman–Crippen LogP) is 3.32. The van der Waals surface area contributed by atoms with Crippen LogP contribution in [0.2, 0.25) is 0 Å². The van der Waals surface area contributed by atoms with Gasteiger partial charge in [0, 0.05) is 24.2 Å². The van der Waals surface area contributed by atoms with E-state index in [1.807, 2.05) is 0 Å². The summed E-state index contributed by atoms with van der Waals surface area (Å²) in [5.74, 6) is -1.41. The molecular weight excluding hydrogens is 266 g/mol. The van der Waals surface area contributed by atoms with Crippen LogP contribution in [-0.4, -0.2) is 11.5 Å². The van der Waals surface area contributed by atoms with Gasteiger partial charge in [-0.1, -0.05) is 12.2 Å². The first-order valence-corrected chi connectivity index (χ1v) is 6.56. The molecule has 0 heterocycles. The minimum atomic E-state index is -1.14. The van der Waals surface area contributed by atoms with E-state index in [0.29, 0.717) is 12.0 Å². The van der Waals surface area contributed by atoms with E-state index in [9.17, 15) is 18.9 Å². The fourth-order valence-corrected chi connectivity index (χ4v) is 2.31. The van der Waals surface area contributed by atoms with Gasteiger partial charge in [0.15, 0.2) is 0 Å². The highest BCUT2D eigenvalue weighted by Gasteiger charge is 2.18. The summed E-state index contributed by atoms with van der Waals surface area (Å²) in [7, 11) is 0. The molecule has 1 unspecified atom stereocenters. The minimum Gasteiger partial charge on any atom is -0.312 e. The topological polar surface area (TPSA) is 55.2 Å². The van der Waals surface area contributed by atoms with E-state index in [1.165, 1.54) is 0 Å². The standard InChI is InChI=1S/C14H16F2N2O2/c15-12-7-13(16)14(18(19)20)6-11(12)9-17-8-10-4-2-1-3-5-10/h1-2,6-7,10,17H,3-5,8-9H2. The lowest BCUT2D eigenvalue weighted by molar-refractivity contribution is -0.387. The Morgan fingerprint density at radius 2 is 2.10 bits per heavy atom. The average molecular weight is 282 g/mol. The molecule has 1 aromatic rings. The zero-order chi connectivity index (χ0) is 14.5. The van der Waals surface area contributed by atoms with E-state index in [4.69, 9.17) is 0 Å². The van der Waals surface area contributed by atoms with Crippen molar-refractivity contribution in [1.29, 1.82) is 0 Å². The van der Waals surface area contributed by atoms with Crippen LogP contribution in [0.4, 0.5) is 14.5 Å². The molecule has 2 rings (SSSR count). The van der Waals surface area contributed by atoms with Crippen molar-refractivity contribution in [1.82, 2.24) is 5.32 Å². The van der Waals surface area contributed by atoms with Crippen LogP contribution in [0, 0.1) is 27.7 Å². The smallest absolute Gasteiger partial charge is 0.305 e. The van der Waals surface area contributed by atoms with Crippen LogP contribution in [0.25, 0.3) is 0 Å². The molecule has 0 bridgehead atoms. The molecule has 0 aromatic heterocycles. The Morgan fingerprint density at radius 3 is 2.75 bits per heavy atom. The third-order valence-electron chi connectivity index (χ3n) is 3.44. The maximum atomic E-state index is 13.5. The van der Waals surface area contributed by atoms with Gasteiger partial charge in [-0.3, -0.25) is 10.1 Å². The molecule has 0 saturated heterocycles. The Hall–Kier alpha value is -1.82. The van der Waals surface area contributed by atoms with Gasteiger partial charge in [0.2, 0.25) is 5.82 Å². The summed E-state index contributed by atoms with van der Waals surface area (Å²) >= 11 is 0. The van der Waals surface area contributed by atoms with Crippen molar-refractivity contribution in [3.8, 4) is 0 Å². The first-order chi connectivity index (χ1) is 9.58. The summed E-state index contributed by atoms with van der Waals surface area (Å²) in [5.41, 5.74) is -0.576. The number of halogens is 2. The fraction of sp³-hybridized carbons (Fsp3) is 0.429. The number of rotatable bonds is 5. The molecule has 1 aliphatic rings. The quantitative estimate of drug-likeness (QED) is 0.512. The molecule has 0 aliphatic heterocycles. The maximum absolute atomic E-state index is 13.5. The predicted molar refractivity (Wildman–Crippen MR) is 71.2 cm³/mol. The van der Waals surface area contributed by atoms with Gasteiger partial charge in [-0.15, -0.1) is 0 Å². The lowest BCUT2D eigenvalue weighted by atomic mass is 9.94. The van der Waals surface area contributed by atoms with E-state index in [2.05, 4.69) is 17.5 Å². The lowest BCUT2D eigenvalue weighted by Crippen LogP contribution is -2.23. The molecule has 4 nitrogen and oxygen atoms in total. The van der Waals surface area contributed by atoms with E-state index in [-0.39, 0.29) is 12.1 Å². The van der Waals surface area contributed by atoms with Gasteiger partial charge < -0.3 is 5.32 Å². The molecule has 0 saturated carbocycles. The molecule has 108 valence electrons. The van der Waals surface area contributed by atoms with E-state index < -0.39 is 22.2 Å². The van der Waals surface area contributed by atoms with Crippen molar-refractivity contribution in [2.75, 3.05) is 6.54 Å². The van der Waals surface area contributed by atoms with Gasteiger partial charge >= 0.3 is 5.69 Å². The van der Waals surface area contributed by atoms with Crippen LogP contribution in [0.1, 0.15) is 24.8 Å². The molecule has 20 heavy (non-hydrogen) atoms. The number of benzene rings is 1. The number of nitrogens with zero attached hydrogens (tertiary/aromatic N) is 1. The van der Waals surface area contributed by atoms with Crippen LogP contribution in [0.3, 0.4) is 0 Å². The third kappa shape index (κ3) is 3.60. The largest absolute Gasteiger partial charge is 0.312 e. The van der Waals surface area contributed by atoms with Crippen LogP contribution in [0.15, 0.2) is 24.3 Å². The molecule has 0 spiro atoms. The number of nitro benzene ring substituents is 1. The van der Waals surface area contributed by atoms with Crippen molar-refractivity contribution in [2.24, 2.45) is 5.92 Å². The molecule has 1 aliphatic carbocycles. The van der Waals surface area contributed by atoms with Gasteiger partial charge in [0.1, 0.15) is 5.82 Å². The molecule has 1 N–H and O–H groups in total. The number of nitro groups is 1. The lowest BCUT2D eigenvalue weighted by Gasteiger charge is -2.18. The SMILES string of the molecule is O=[N+]([O-])c1cc(CNCC2CC=CCC2)c(F)cc1F. The number of allylic oxidation sites excluding steroid dienone is 2. The summed E-state index contributed by atoms with van der Waals surface area (Å²) in [4.78, 5) is 9.78. The van der Waals surface area contributed by atoms with E-state index in [1.54, 1.807) is 0 Å². The third-order valence-corrected chi connectivity index (χ3v) is 3.44. The van der Waals surface area contributed by atoms with E-state index in [0.717, 1.165) is 31.9 Å². The Labute approximate surface area is 115 Å². The highest BCUT2D eigenvalue weighted by molar-refractivity contribution is 5.37. The highest BCUT2D eigenvalue weighted by Crippen LogP contribution is 2.22. The Balaban J connectivity index is 1.96. The van der Waals surface area contributed by atoms with Crippen LogP contribution >= 0.6 is 0 Å². The summed E-state index contributed by atoms with van der Waals surface area (Å²) in [6, 6.07) is 1.52. The Kier molecular flexibility index (Phi) is 4.79. The van der Waals surface area contributed by atoms with Crippen molar-refractivity contribution >= 4 is 5.69 Å². The van der Waals surface area contributed by atoms with Gasteiger partial charge in [0.05, 0.1) is 4.92 Å². The molecule has 1 aromatic carbocycles. The Morgan fingerprint density at radius 1 is 1.30 bits per heavy atom. The Bertz CT molecular complexity index is 532. The van der Waals surface area contributed by atoms with Crippen molar-refractivity contribution in [3.05, 3.63) is 51.6 Å². The normalized spacial score (nSPS) is 18.2. The molecule has 0 radical (unpaired) electrons. The monoisotopic (exact) mass is 282 g/mol. The van der Waals surface area contributed by atoms with Gasteiger partial charge in [-0.25, -0.2) is 4.39 Å². The van der Waals surface area contributed by atoms with Crippen LogP contribution < -0.4 is 5.32 Å². The maximum Gasteiger partial charge on any atom is 0.305 e. The second-order valence-electron chi connectivity index (χ2n) is 4.93. The molecule has 6 heteroatoms. The van der Waals surface area contributed by atoms with Crippen molar-refractivity contribution < 1.29 is 13.7 Å². The van der Waals surface area contributed by atoms with E-state index >= 15 is 0 Å². The summed E-state index contributed by atoms with van der Waals surface area (Å²) < 4.78 is 26.7. The second-order valence-corrected chi connectivity index (χ2v) is 4.93. The number of nitrogens with one attached hydrogen (secondary N) is 1. The average Bonchev–Trinajstić information content (AvgIpc) is 2.42. The summed E-state index contributed by atoms with van der Waals surface area (Å²) in [6.45, 7) is 0.877. The van der Waals surface area contributed by atoms with Crippen LogP contribution in [0.5, 0.6) is 0 Å². The summed E-state index contributed by atoms with van der Waals surface area (Å²) in [6.07, 6.45) is 7.37. The highest BCUT2D eigenvalue weighted by atomic mass is 19.1. The fourth-order valence-electron chi connectivity index (χ4n) is 2.31. The first-order valence-electron chi connectivity index (χ1n) is 6.56. The minimum absolute atomic E-state index is 0.115. The molecular formula is C14H16F2N2O2.